The normalized spacial score (nSPS) is 13.1. The Morgan fingerprint density at radius 2 is 2.33 bits per heavy atom. The van der Waals surface area contributed by atoms with Crippen LogP contribution in [0.15, 0.2) is 15.9 Å². The standard InChI is InChI=1S/C10H15BrN2OS/c1-6(2)9(10(12)14)13-5-8-7(11)3-4-15-8/h3-4,6,9,13H,5H2,1-2H3,(H2,12,14). The van der Waals surface area contributed by atoms with E-state index in [0.29, 0.717) is 6.54 Å². The van der Waals surface area contributed by atoms with Crippen LogP contribution in [0, 0.1) is 5.92 Å². The van der Waals surface area contributed by atoms with Crippen molar-refractivity contribution in [2.45, 2.75) is 26.4 Å². The average molecular weight is 291 g/mol. The predicted molar refractivity (Wildman–Crippen MR) is 66.7 cm³/mol. The fraction of sp³-hybridized carbons (Fsp3) is 0.500. The van der Waals surface area contributed by atoms with E-state index < -0.39 is 0 Å². The van der Waals surface area contributed by atoms with Gasteiger partial charge in [-0.3, -0.25) is 4.79 Å². The van der Waals surface area contributed by atoms with Gasteiger partial charge in [0.2, 0.25) is 5.91 Å². The van der Waals surface area contributed by atoms with Gasteiger partial charge in [-0.25, -0.2) is 0 Å². The predicted octanol–water partition coefficient (Wildman–Crippen LogP) is 2.11. The van der Waals surface area contributed by atoms with Gasteiger partial charge in [0.15, 0.2) is 0 Å². The SMILES string of the molecule is CC(C)C(NCc1sccc1Br)C(N)=O. The Hall–Kier alpha value is -0.390. The van der Waals surface area contributed by atoms with Crippen molar-refractivity contribution in [3.05, 3.63) is 20.8 Å². The highest BCUT2D eigenvalue weighted by molar-refractivity contribution is 9.10. The Kier molecular flexibility index (Phi) is 4.76. The second-order valence-corrected chi connectivity index (χ2v) is 5.55. The number of amides is 1. The van der Waals surface area contributed by atoms with Gasteiger partial charge in [-0.05, 0) is 33.3 Å². The van der Waals surface area contributed by atoms with Crippen molar-refractivity contribution in [2.24, 2.45) is 11.7 Å². The van der Waals surface area contributed by atoms with Gasteiger partial charge in [0.25, 0.3) is 0 Å². The Bertz CT molecular complexity index is 338. The van der Waals surface area contributed by atoms with Crippen LogP contribution >= 0.6 is 27.3 Å². The first-order valence-corrected chi connectivity index (χ1v) is 6.44. The summed E-state index contributed by atoms with van der Waals surface area (Å²) < 4.78 is 1.08. The topological polar surface area (TPSA) is 55.1 Å². The number of carbonyl (C=O) groups is 1. The number of rotatable bonds is 5. The third kappa shape index (κ3) is 3.59. The number of nitrogens with one attached hydrogen (secondary N) is 1. The summed E-state index contributed by atoms with van der Waals surface area (Å²) >= 11 is 5.10. The van der Waals surface area contributed by atoms with Crippen LogP contribution in [0.4, 0.5) is 0 Å². The van der Waals surface area contributed by atoms with Crippen molar-refractivity contribution in [3.63, 3.8) is 0 Å². The van der Waals surface area contributed by atoms with Crippen LogP contribution in [-0.2, 0) is 11.3 Å². The fourth-order valence-corrected chi connectivity index (χ4v) is 2.76. The Labute approximate surface area is 102 Å². The first kappa shape index (κ1) is 12.7. The molecule has 5 heteroatoms. The molecule has 1 heterocycles. The van der Waals surface area contributed by atoms with Crippen molar-refractivity contribution in [1.29, 1.82) is 0 Å². The van der Waals surface area contributed by atoms with Crippen LogP contribution in [0.2, 0.25) is 0 Å². The van der Waals surface area contributed by atoms with Crippen molar-refractivity contribution in [3.8, 4) is 0 Å². The Balaban J connectivity index is 2.55. The first-order chi connectivity index (χ1) is 7.02. The third-order valence-electron chi connectivity index (χ3n) is 2.15. The molecular formula is C10H15BrN2OS. The second kappa shape index (κ2) is 5.63. The molecule has 0 bridgehead atoms. The molecule has 1 atom stereocenters. The van der Waals surface area contributed by atoms with E-state index in [1.165, 1.54) is 4.88 Å². The highest BCUT2D eigenvalue weighted by Gasteiger charge is 2.18. The summed E-state index contributed by atoms with van der Waals surface area (Å²) in [5.41, 5.74) is 5.31. The zero-order valence-electron chi connectivity index (χ0n) is 8.79. The molecule has 1 unspecified atom stereocenters. The average Bonchev–Trinajstić information content (AvgIpc) is 2.51. The van der Waals surface area contributed by atoms with Crippen LogP contribution < -0.4 is 11.1 Å². The quantitative estimate of drug-likeness (QED) is 0.873. The van der Waals surface area contributed by atoms with Gasteiger partial charge in [-0.2, -0.15) is 0 Å². The number of hydrogen-bond acceptors (Lipinski definition) is 3. The molecule has 0 saturated carbocycles. The van der Waals surface area contributed by atoms with Gasteiger partial charge in [0.1, 0.15) is 0 Å². The van der Waals surface area contributed by atoms with Crippen LogP contribution in [0.1, 0.15) is 18.7 Å². The number of halogens is 1. The van der Waals surface area contributed by atoms with Crippen LogP contribution in [0.25, 0.3) is 0 Å². The molecule has 3 nitrogen and oxygen atoms in total. The molecule has 1 amide bonds. The molecule has 1 rings (SSSR count). The zero-order valence-corrected chi connectivity index (χ0v) is 11.2. The van der Waals surface area contributed by atoms with Crippen LogP contribution in [0.5, 0.6) is 0 Å². The summed E-state index contributed by atoms with van der Waals surface area (Å²) in [5.74, 6) is -0.0843. The maximum Gasteiger partial charge on any atom is 0.234 e. The van der Waals surface area contributed by atoms with E-state index in [2.05, 4.69) is 21.2 Å². The lowest BCUT2D eigenvalue weighted by atomic mass is 10.0. The molecule has 1 aromatic rings. The molecule has 0 radical (unpaired) electrons. The van der Waals surface area contributed by atoms with E-state index in [1.807, 2.05) is 25.3 Å². The minimum absolute atomic E-state index is 0.209. The third-order valence-corrected chi connectivity index (χ3v) is 4.07. The molecule has 0 spiro atoms. The molecule has 84 valence electrons. The summed E-state index contributed by atoms with van der Waals surface area (Å²) in [6.45, 7) is 4.63. The van der Waals surface area contributed by atoms with Gasteiger partial charge in [-0.15, -0.1) is 11.3 Å². The molecule has 0 fully saturated rings. The Morgan fingerprint density at radius 1 is 1.67 bits per heavy atom. The van der Waals surface area contributed by atoms with E-state index in [0.717, 1.165) is 4.47 Å². The molecule has 0 aliphatic rings. The van der Waals surface area contributed by atoms with Gasteiger partial charge in [-0.1, -0.05) is 13.8 Å². The summed E-state index contributed by atoms with van der Waals surface area (Å²) in [5, 5.41) is 5.18. The summed E-state index contributed by atoms with van der Waals surface area (Å²) in [4.78, 5) is 12.3. The summed E-state index contributed by atoms with van der Waals surface area (Å²) in [6.07, 6.45) is 0. The van der Waals surface area contributed by atoms with E-state index in [-0.39, 0.29) is 17.9 Å². The van der Waals surface area contributed by atoms with Crippen LogP contribution in [0.3, 0.4) is 0 Å². The van der Waals surface area contributed by atoms with Crippen molar-refractivity contribution in [2.75, 3.05) is 0 Å². The number of primary amides is 1. The maximum absolute atomic E-state index is 11.1. The monoisotopic (exact) mass is 290 g/mol. The molecule has 0 aromatic carbocycles. The van der Waals surface area contributed by atoms with Gasteiger partial charge in [0, 0.05) is 15.9 Å². The van der Waals surface area contributed by atoms with Crippen molar-refractivity contribution < 1.29 is 4.79 Å². The second-order valence-electron chi connectivity index (χ2n) is 3.70. The summed E-state index contributed by atoms with van der Waals surface area (Å²) in [6, 6.07) is 1.73. The largest absolute Gasteiger partial charge is 0.368 e. The van der Waals surface area contributed by atoms with Crippen molar-refractivity contribution >= 4 is 33.2 Å². The van der Waals surface area contributed by atoms with Gasteiger partial charge >= 0.3 is 0 Å². The molecule has 15 heavy (non-hydrogen) atoms. The number of hydrogen-bond donors (Lipinski definition) is 2. The van der Waals surface area contributed by atoms with E-state index in [1.54, 1.807) is 11.3 Å². The lowest BCUT2D eigenvalue weighted by molar-refractivity contribution is -0.121. The molecule has 0 saturated heterocycles. The fourth-order valence-electron chi connectivity index (χ4n) is 1.32. The van der Waals surface area contributed by atoms with Crippen molar-refractivity contribution in [1.82, 2.24) is 5.32 Å². The molecule has 0 aliphatic carbocycles. The molecule has 0 aliphatic heterocycles. The number of carbonyl (C=O) groups excluding carboxylic acids is 1. The first-order valence-electron chi connectivity index (χ1n) is 4.77. The van der Waals surface area contributed by atoms with E-state index in [9.17, 15) is 4.79 Å². The number of nitrogens with two attached hydrogens (primary N) is 1. The van der Waals surface area contributed by atoms with E-state index >= 15 is 0 Å². The smallest absolute Gasteiger partial charge is 0.234 e. The molecule has 3 N–H and O–H groups in total. The molecular weight excluding hydrogens is 276 g/mol. The lowest BCUT2D eigenvalue weighted by Gasteiger charge is -2.18. The lowest BCUT2D eigenvalue weighted by Crippen LogP contribution is -2.44. The maximum atomic E-state index is 11.1. The molecule has 1 aromatic heterocycles. The minimum atomic E-state index is -0.294. The number of thiophene rings is 1. The highest BCUT2D eigenvalue weighted by atomic mass is 79.9. The zero-order chi connectivity index (χ0) is 11.4. The van der Waals surface area contributed by atoms with Crippen LogP contribution in [-0.4, -0.2) is 11.9 Å². The van der Waals surface area contributed by atoms with E-state index in [4.69, 9.17) is 5.73 Å². The highest BCUT2D eigenvalue weighted by Crippen LogP contribution is 2.22. The minimum Gasteiger partial charge on any atom is -0.368 e. The summed E-state index contributed by atoms with van der Waals surface area (Å²) in [7, 11) is 0. The van der Waals surface area contributed by atoms with Gasteiger partial charge < -0.3 is 11.1 Å². The van der Waals surface area contributed by atoms with Gasteiger partial charge in [0.05, 0.1) is 6.04 Å². The Morgan fingerprint density at radius 3 is 2.73 bits per heavy atom.